The number of piperazine rings is 1. The van der Waals surface area contributed by atoms with Crippen molar-refractivity contribution in [3.05, 3.63) is 42.0 Å². The lowest BCUT2D eigenvalue weighted by atomic mass is 10.2. The molecule has 112 valence electrons. The molecule has 0 bridgehead atoms. The van der Waals surface area contributed by atoms with E-state index in [4.69, 9.17) is 0 Å². The second-order valence-corrected chi connectivity index (χ2v) is 6.50. The molecule has 2 aromatic rings. The highest BCUT2D eigenvalue weighted by Gasteiger charge is 2.20. The van der Waals surface area contributed by atoms with Gasteiger partial charge in [-0.15, -0.1) is 0 Å². The zero-order valence-electron chi connectivity index (χ0n) is 12.1. The molecule has 0 amide bonds. The average molecular weight is 311 g/mol. The first-order valence-electron chi connectivity index (χ1n) is 7.45. The van der Waals surface area contributed by atoms with E-state index in [1.54, 1.807) is 23.9 Å². The third-order valence-electron chi connectivity index (χ3n) is 3.98. The van der Waals surface area contributed by atoms with Gasteiger partial charge in [0.05, 0.1) is 16.3 Å². The molecule has 0 aromatic heterocycles. The van der Waals surface area contributed by atoms with Crippen LogP contribution in [0.3, 0.4) is 0 Å². The fourth-order valence-corrected chi connectivity index (χ4v) is 3.97. The van der Waals surface area contributed by atoms with Crippen molar-refractivity contribution in [2.75, 3.05) is 31.1 Å². The molecular weight excluding hydrogens is 294 g/mol. The average Bonchev–Trinajstić information content (AvgIpc) is 2.74. The van der Waals surface area contributed by atoms with Gasteiger partial charge in [0.2, 0.25) is 0 Å². The van der Waals surface area contributed by atoms with E-state index < -0.39 is 0 Å². The summed E-state index contributed by atoms with van der Waals surface area (Å²) in [4.78, 5) is 9.37. The van der Waals surface area contributed by atoms with Crippen molar-refractivity contribution in [3.8, 4) is 5.75 Å². The van der Waals surface area contributed by atoms with Gasteiger partial charge in [-0.25, -0.2) is 0 Å². The monoisotopic (exact) mass is 311 g/mol. The summed E-state index contributed by atoms with van der Waals surface area (Å²) in [6.45, 7) is 4.07. The molecule has 2 heterocycles. The number of aromatic hydroxyl groups is 1. The smallest absolute Gasteiger partial charge is 0.116 e. The number of anilines is 1. The van der Waals surface area contributed by atoms with Crippen LogP contribution in [0.2, 0.25) is 0 Å². The van der Waals surface area contributed by atoms with Gasteiger partial charge in [0.25, 0.3) is 0 Å². The Hall–Kier alpha value is -1.98. The van der Waals surface area contributed by atoms with Crippen molar-refractivity contribution < 1.29 is 5.11 Å². The maximum Gasteiger partial charge on any atom is 0.116 e. The van der Waals surface area contributed by atoms with Crippen LogP contribution < -0.4 is 10.2 Å². The zero-order chi connectivity index (χ0) is 14.9. The maximum absolute atomic E-state index is 9.67. The van der Waals surface area contributed by atoms with E-state index >= 15 is 0 Å². The van der Waals surface area contributed by atoms with Gasteiger partial charge in [0, 0.05) is 42.9 Å². The van der Waals surface area contributed by atoms with Crippen molar-refractivity contribution in [2.45, 2.75) is 9.79 Å². The first kappa shape index (κ1) is 13.7. The molecular formula is C17H17N3OS. The minimum absolute atomic E-state index is 0.277. The number of rotatable bonds is 1. The van der Waals surface area contributed by atoms with Gasteiger partial charge in [-0.1, -0.05) is 17.8 Å². The minimum atomic E-state index is 0.277. The second kappa shape index (κ2) is 5.66. The molecule has 2 aliphatic heterocycles. The van der Waals surface area contributed by atoms with Gasteiger partial charge in [-0.2, -0.15) is 0 Å². The summed E-state index contributed by atoms with van der Waals surface area (Å²) in [5.74, 6) is 0.277. The molecule has 0 spiro atoms. The lowest BCUT2D eigenvalue weighted by Crippen LogP contribution is -2.43. The van der Waals surface area contributed by atoms with Crippen molar-refractivity contribution in [1.82, 2.24) is 5.32 Å². The molecule has 1 saturated heterocycles. The molecule has 22 heavy (non-hydrogen) atoms. The number of nitrogens with zero attached hydrogens (tertiary/aromatic N) is 2. The first-order valence-corrected chi connectivity index (χ1v) is 8.26. The van der Waals surface area contributed by atoms with Crippen LogP contribution in [0.5, 0.6) is 5.75 Å². The standard InChI is InChI=1S/C17H17N3OS/c21-13-4-5-16-12(10-13)11-19-14-2-1-3-15(17(14)22-16)20-8-6-18-7-9-20/h1-5,10-11,18,21H,6-9H2. The fourth-order valence-electron chi connectivity index (χ4n) is 2.85. The molecule has 0 aliphatic carbocycles. The van der Waals surface area contributed by atoms with E-state index in [2.05, 4.69) is 33.4 Å². The van der Waals surface area contributed by atoms with E-state index in [9.17, 15) is 5.11 Å². The number of fused-ring (bicyclic) bond motifs is 2. The molecule has 0 unspecified atom stereocenters. The van der Waals surface area contributed by atoms with E-state index in [1.807, 2.05) is 12.3 Å². The molecule has 4 nitrogen and oxygen atoms in total. The Morgan fingerprint density at radius 1 is 1.14 bits per heavy atom. The first-order chi connectivity index (χ1) is 10.8. The van der Waals surface area contributed by atoms with Crippen LogP contribution in [0.4, 0.5) is 11.4 Å². The molecule has 2 aromatic carbocycles. The Bertz CT molecular complexity index is 739. The predicted octanol–water partition coefficient (Wildman–Crippen LogP) is 3.02. The molecule has 2 aliphatic rings. The van der Waals surface area contributed by atoms with Crippen LogP contribution in [0.1, 0.15) is 5.56 Å². The van der Waals surface area contributed by atoms with E-state index in [0.29, 0.717) is 0 Å². The number of phenolic OH excluding ortho intramolecular Hbond substituents is 1. The van der Waals surface area contributed by atoms with Crippen LogP contribution in [0.25, 0.3) is 0 Å². The quantitative estimate of drug-likeness (QED) is 0.725. The summed E-state index contributed by atoms with van der Waals surface area (Å²) in [5, 5.41) is 13.1. The van der Waals surface area contributed by atoms with Gasteiger partial charge in [0.1, 0.15) is 5.75 Å². The van der Waals surface area contributed by atoms with Gasteiger partial charge in [-0.3, -0.25) is 4.99 Å². The molecule has 0 saturated carbocycles. The third kappa shape index (κ3) is 2.46. The Labute approximate surface area is 133 Å². The van der Waals surface area contributed by atoms with Crippen molar-refractivity contribution >= 4 is 29.4 Å². The highest BCUT2D eigenvalue weighted by Crippen LogP contribution is 2.45. The zero-order valence-corrected chi connectivity index (χ0v) is 12.9. The molecule has 4 rings (SSSR count). The highest BCUT2D eigenvalue weighted by atomic mass is 32.2. The lowest BCUT2D eigenvalue weighted by molar-refractivity contribution is 0.475. The number of nitrogens with one attached hydrogen (secondary N) is 1. The van der Waals surface area contributed by atoms with E-state index in [0.717, 1.165) is 42.3 Å². The largest absolute Gasteiger partial charge is 0.508 e. The van der Waals surface area contributed by atoms with Crippen LogP contribution >= 0.6 is 11.8 Å². The molecule has 1 fully saturated rings. The minimum Gasteiger partial charge on any atom is -0.508 e. The van der Waals surface area contributed by atoms with Crippen LogP contribution in [-0.2, 0) is 0 Å². The Morgan fingerprint density at radius 2 is 2.00 bits per heavy atom. The summed E-state index contributed by atoms with van der Waals surface area (Å²) in [7, 11) is 0. The van der Waals surface area contributed by atoms with Gasteiger partial charge in [-0.05, 0) is 30.3 Å². The fraction of sp³-hybridized carbons (Fsp3) is 0.235. The summed E-state index contributed by atoms with van der Waals surface area (Å²) < 4.78 is 0. The number of hydrogen-bond acceptors (Lipinski definition) is 5. The highest BCUT2D eigenvalue weighted by molar-refractivity contribution is 7.99. The van der Waals surface area contributed by atoms with Crippen LogP contribution in [0, 0.1) is 0 Å². The molecule has 0 atom stereocenters. The summed E-state index contributed by atoms with van der Waals surface area (Å²) >= 11 is 1.73. The number of phenols is 1. The summed E-state index contributed by atoms with van der Waals surface area (Å²) in [6, 6.07) is 11.8. The number of benzene rings is 2. The predicted molar refractivity (Wildman–Crippen MR) is 91.0 cm³/mol. The Kier molecular flexibility index (Phi) is 3.52. The van der Waals surface area contributed by atoms with Gasteiger partial charge >= 0.3 is 0 Å². The lowest BCUT2D eigenvalue weighted by Gasteiger charge is -2.31. The maximum atomic E-state index is 9.67. The number of aliphatic imine (C=N–C) groups is 1. The Morgan fingerprint density at radius 3 is 2.86 bits per heavy atom. The second-order valence-electron chi connectivity index (χ2n) is 5.44. The van der Waals surface area contributed by atoms with Crippen LogP contribution in [-0.4, -0.2) is 37.5 Å². The van der Waals surface area contributed by atoms with E-state index in [-0.39, 0.29) is 5.75 Å². The third-order valence-corrected chi connectivity index (χ3v) is 5.19. The van der Waals surface area contributed by atoms with Gasteiger partial charge in [0.15, 0.2) is 0 Å². The molecule has 5 heteroatoms. The summed E-state index contributed by atoms with van der Waals surface area (Å²) in [6.07, 6.45) is 1.84. The topological polar surface area (TPSA) is 47.9 Å². The number of hydrogen-bond donors (Lipinski definition) is 2. The van der Waals surface area contributed by atoms with Crippen LogP contribution in [0.15, 0.2) is 51.2 Å². The van der Waals surface area contributed by atoms with Crippen molar-refractivity contribution in [2.24, 2.45) is 4.99 Å². The van der Waals surface area contributed by atoms with Crippen molar-refractivity contribution in [1.29, 1.82) is 0 Å². The Balaban J connectivity index is 1.79. The van der Waals surface area contributed by atoms with Crippen molar-refractivity contribution in [3.63, 3.8) is 0 Å². The normalized spacial score (nSPS) is 16.8. The van der Waals surface area contributed by atoms with E-state index in [1.165, 1.54) is 10.6 Å². The SMILES string of the molecule is Oc1ccc2c(c1)C=Nc1cccc(N3CCNCC3)c1S2. The summed E-state index contributed by atoms with van der Waals surface area (Å²) in [5.41, 5.74) is 3.21. The molecule has 0 radical (unpaired) electrons. The van der Waals surface area contributed by atoms with Gasteiger partial charge < -0.3 is 15.3 Å². The molecule has 2 N–H and O–H groups in total.